The summed E-state index contributed by atoms with van der Waals surface area (Å²) in [7, 11) is 1.68. The van der Waals surface area contributed by atoms with Crippen LogP contribution in [0.25, 0.3) is 0 Å². The lowest BCUT2D eigenvalue weighted by Crippen LogP contribution is -2.50. The number of fused-ring (bicyclic) bond motifs is 1. The Morgan fingerprint density at radius 1 is 1.35 bits per heavy atom. The second-order valence-electron chi connectivity index (χ2n) is 6.66. The van der Waals surface area contributed by atoms with Gasteiger partial charge in [-0.2, -0.15) is 0 Å². The van der Waals surface area contributed by atoms with Gasteiger partial charge in [0.15, 0.2) is 0 Å². The van der Waals surface area contributed by atoms with E-state index in [0.29, 0.717) is 5.92 Å². The van der Waals surface area contributed by atoms with Crippen molar-refractivity contribution in [2.45, 2.75) is 51.2 Å². The van der Waals surface area contributed by atoms with Gasteiger partial charge in [0.1, 0.15) is 17.1 Å². The number of nitrogens with two attached hydrogens (primary N) is 1. The minimum atomic E-state index is -0.0620. The molecule has 1 aliphatic heterocycles. The summed E-state index contributed by atoms with van der Waals surface area (Å²) in [6.07, 6.45) is 4.51. The first-order valence-electron chi connectivity index (χ1n) is 7.66. The predicted molar refractivity (Wildman–Crippen MR) is 80.1 cm³/mol. The third-order valence-corrected chi connectivity index (χ3v) is 5.21. The van der Waals surface area contributed by atoms with Crippen LogP contribution in [0.2, 0.25) is 0 Å². The van der Waals surface area contributed by atoms with Crippen LogP contribution in [-0.2, 0) is 0 Å². The molecule has 1 aromatic rings. The SMILES string of the molecule is COc1ccc2c(c1)[C@H](N)CC1(CCC(C)CC1C)O2. The Kier molecular flexibility index (Phi) is 3.41. The summed E-state index contributed by atoms with van der Waals surface area (Å²) in [5, 5.41) is 0. The summed E-state index contributed by atoms with van der Waals surface area (Å²) in [5.41, 5.74) is 7.46. The summed E-state index contributed by atoms with van der Waals surface area (Å²) in [6, 6.07) is 6.04. The number of hydrogen-bond acceptors (Lipinski definition) is 3. The molecular weight excluding hydrogens is 250 g/mol. The molecular formula is C17H25NO2. The zero-order valence-electron chi connectivity index (χ0n) is 12.7. The molecule has 20 heavy (non-hydrogen) atoms. The second kappa shape index (κ2) is 4.96. The minimum Gasteiger partial charge on any atom is -0.497 e. The van der Waals surface area contributed by atoms with E-state index in [9.17, 15) is 0 Å². The molecule has 110 valence electrons. The first-order valence-corrected chi connectivity index (χ1v) is 7.66. The van der Waals surface area contributed by atoms with Gasteiger partial charge in [-0.3, -0.25) is 0 Å². The first kappa shape index (κ1) is 13.7. The van der Waals surface area contributed by atoms with Gasteiger partial charge in [0.2, 0.25) is 0 Å². The molecule has 3 heteroatoms. The van der Waals surface area contributed by atoms with E-state index in [-0.39, 0.29) is 11.6 Å². The Bertz CT molecular complexity index is 502. The van der Waals surface area contributed by atoms with Crippen molar-refractivity contribution in [2.24, 2.45) is 17.6 Å². The van der Waals surface area contributed by atoms with Crippen molar-refractivity contribution in [2.75, 3.05) is 7.11 Å². The Hall–Kier alpha value is -1.22. The first-order chi connectivity index (χ1) is 9.54. The van der Waals surface area contributed by atoms with Gasteiger partial charge in [-0.05, 0) is 49.3 Å². The fraction of sp³-hybridized carbons (Fsp3) is 0.647. The number of methoxy groups -OCH3 is 1. The zero-order chi connectivity index (χ0) is 14.3. The average Bonchev–Trinajstić information content (AvgIpc) is 2.43. The molecule has 1 spiro atoms. The standard InChI is InChI=1S/C17H25NO2/c1-11-6-7-17(12(2)8-11)10-15(18)14-9-13(19-3)4-5-16(14)20-17/h4-5,9,11-12,15H,6-8,10,18H2,1-3H3/t11?,12?,15-,17?/m1/s1. The van der Waals surface area contributed by atoms with Crippen LogP contribution in [0, 0.1) is 11.8 Å². The maximum Gasteiger partial charge on any atom is 0.125 e. The fourth-order valence-electron chi connectivity index (χ4n) is 3.91. The van der Waals surface area contributed by atoms with Crippen molar-refractivity contribution in [3.63, 3.8) is 0 Å². The molecule has 3 rings (SSSR count). The van der Waals surface area contributed by atoms with Crippen LogP contribution < -0.4 is 15.2 Å². The van der Waals surface area contributed by atoms with Crippen LogP contribution in [0.5, 0.6) is 11.5 Å². The molecule has 3 nitrogen and oxygen atoms in total. The molecule has 1 aromatic carbocycles. The van der Waals surface area contributed by atoms with Crippen molar-refractivity contribution in [3.05, 3.63) is 23.8 Å². The van der Waals surface area contributed by atoms with Gasteiger partial charge < -0.3 is 15.2 Å². The van der Waals surface area contributed by atoms with Gasteiger partial charge in [0.25, 0.3) is 0 Å². The van der Waals surface area contributed by atoms with Crippen LogP contribution in [0.1, 0.15) is 51.1 Å². The number of hydrogen-bond donors (Lipinski definition) is 1. The lowest BCUT2D eigenvalue weighted by molar-refractivity contribution is -0.0519. The highest BCUT2D eigenvalue weighted by atomic mass is 16.5. The zero-order valence-corrected chi connectivity index (χ0v) is 12.7. The van der Waals surface area contributed by atoms with Gasteiger partial charge >= 0.3 is 0 Å². The maximum atomic E-state index is 6.46. The molecule has 2 aliphatic rings. The van der Waals surface area contributed by atoms with E-state index >= 15 is 0 Å². The Labute approximate surface area is 121 Å². The van der Waals surface area contributed by atoms with Gasteiger partial charge in [-0.15, -0.1) is 0 Å². The molecule has 1 heterocycles. The van der Waals surface area contributed by atoms with Gasteiger partial charge in [0.05, 0.1) is 7.11 Å². The van der Waals surface area contributed by atoms with E-state index in [1.54, 1.807) is 7.11 Å². The lowest BCUT2D eigenvalue weighted by Gasteiger charge is -2.49. The van der Waals surface area contributed by atoms with E-state index in [1.807, 2.05) is 18.2 Å². The van der Waals surface area contributed by atoms with Gasteiger partial charge in [0, 0.05) is 18.0 Å². The van der Waals surface area contributed by atoms with E-state index in [1.165, 1.54) is 12.8 Å². The topological polar surface area (TPSA) is 44.5 Å². The minimum absolute atomic E-state index is 0.0460. The molecule has 4 atom stereocenters. The quantitative estimate of drug-likeness (QED) is 0.850. The van der Waals surface area contributed by atoms with Gasteiger partial charge in [-0.25, -0.2) is 0 Å². The number of ether oxygens (including phenoxy) is 2. The normalized spacial score (nSPS) is 36.3. The Morgan fingerprint density at radius 2 is 2.15 bits per heavy atom. The van der Waals surface area contributed by atoms with E-state index in [4.69, 9.17) is 15.2 Å². The van der Waals surface area contributed by atoms with Gasteiger partial charge in [-0.1, -0.05) is 13.8 Å². The van der Waals surface area contributed by atoms with Crippen LogP contribution in [-0.4, -0.2) is 12.7 Å². The highest BCUT2D eigenvalue weighted by Crippen LogP contribution is 2.49. The van der Waals surface area contributed by atoms with E-state index < -0.39 is 0 Å². The van der Waals surface area contributed by atoms with Crippen molar-refractivity contribution in [1.82, 2.24) is 0 Å². The highest BCUT2D eigenvalue weighted by molar-refractivity contribution is 5.44. The van der Waals surface area contributed by atoms with Crippen molar-refractivity contribution < 1.29 is 9.47 Å². The number of rotatable bonds is 1. The van der Waals surface area contributed by atoms with E-state index in [2.05, 4.69) is 13.8 Å². The fourth-order valence-corrected chi connectivity index (χ4v) is 3.91. The average molecular weight is 275 g/mol. The molecule has 0 saturated heterocycles. The van der Waals surface area contributed by atoms with E-state index in [0.717, 1.165) is 35.8 Å². The largest absolute Gasteiger partial charge is 0.497 e. The third-order valence-electron chi connectivity index (χ3n) is 5.21. The summed E-state index contributed by atoms with van der Waals surface area (Å²) in [4.78, 5) is 0. The monoisotopic (exact) mass is 275 g/mol. The second-order valence-corrected chi connectivity index (χ2v) is 6.66. The summed E-state index contributed by atoms with van der Waals surface area (Å²) in [6.45, 7) is 4.65. The van der Waals surface area contributed by atoms with Crippen molar-refractivity contribution in [1.29, 1.82) is 0 Å². The van der Waals surface area contributed by atoms with Crippen LogP contribution >= 0.6 is 0 Å². The van der Waals surface area contributed by atoms with Crippen molar-refractivity contribution >= 4 is 0 Å². The Balaban J connectivity index is 1.92. The third kappa shape index (κ3) is 2.18. The maximum absolute atomic E-state index is 6.46. The summed E-state index contributed by atoms with van der Waals surface area (Å²) < 4.78 is 11.7. The van der Waals surface area contributed by atoms with Crippen LogP contribution in [0.3, 0.4) is 0 Å². The van der Waals surface area contributed by atoms with Crippen molar-refractivity contribution in [3.8, 4) is 11.5 Å². The predicted octanol–water partition coefficient (Wildman–Crippen LogP) is 3.67. The smallest absolute Gasteiger partial charge is 0.125 e. The molecule has 3 unspecified atom stereocenters. The molecule has 0 aromatic heterocycles. The molecule has 0 bridgehead atoms. The molecule has 1 saturated carbocycles. The molecule has 0 amide bonds. The summed E-state index contributed by atoms with van der Waals surface area (Å²) in [5.74, 6) is 3.16. The molecule has 1 aliphatic carbocycles. The molecule has 0 radical (unpaired) electrons. The molecule has 1 fully saturated rings. The summed E-state index contributed by atoms with van der Waals surface area (Å²) >= 11 is 0. The van der Waals surface area contributed by atoms with Crippen LogP contribution in [0.4, 0.5) is 0 Å². The Morgan fingerprint density at radius 3 is 2.85 bits per heavy atom. The molecule has 2 N–H and O–H groups in total. The number of benzene rings is 1. The highest BCUT2D eigenvalue weighted by Gasteiger charge is 2.46. The van der Waals surface area contributed by atoms with Crippen LogP contribution in [0.15, 0.2) is 18.2 Å². The lowest BCUT2D eigenvalue weighted by atomic mass is 9.68.